The van der Waals surface area contributed by atoms with Crippen LogP contribution in [0.2, 0.25) is 0 Å². The number of ether oxygens (including phenoxy) is 1. The van der Waals surface area contributed by atoms with Crippen molar-refractivity contribution in [3.8, 4) is 11.5 Å². The van der Waals surface area contributed by atoms with E-state index in [1.165, 1.54) is 5.56 Å². The molecule has 2 aromatic rings. The molecule has 1 heterocycles. The molecule has 2 rings (SSSR count). The van der Waals surface area contributed by atoms with E-state index in [0.717, 1.165) is 29.2 Å². The molecule has 0 fully saturated rings. The number of benzene rings is 1. The molecule has 1 atom stereocenters. The molecule has 3 heteroatoms. The van der Waals surface area contributed by atoms with Gasteiger partial charge in [0.2, 0.25) is 0 Å². The van der Waals surface area contributed by atoms with Gasteiger partial charge in [0.05, 0.1) is 11.9 Å². The van der Waals surface area contributed by atoms with Crippen LogP contribution < -0.4 is 10.5 Å². The SMILES string of the molecule is CC[C@H](N)c1ccc(Oc2cc(C(C)C)ccc2C)cn1. The summed E-state index contributed by atoms with van der Waals surface area (Å²) < 4.78 is 5.97. The lowest BCUT2D eigenvalue weighted by Crippen LogP contribution is -2.10. The molecular weight excluding hydrogens is 260 g/mol. The summed E-state index contributed by atoms with van der Waals surface area (Å²) in [4.78, 5) is 4.38. The molecule has 0 unspecified atom stereocenters. The summed E-state index contributed by atoms with van der Waals surface area (Å²) in [6, 6.07) is 10.2. The predicted octanol–water partition coefficient (Wildman–Crippen LogP) is 4.72. The summed E-state index contributed by atoms with van der Waals surface area (Å²) in [5.41, 5.74) is 9.26. The minimum absolute atomic E-state index is 0.00921. The van der Waals surface area contributed by atoms with Gasteiger partial charge in [-0.15, -0.1) is 0 Å². The molecule has 0 aliphatic carbocycles. The highest BCUT2D eigenvalue weighted by Crippen LogP contribution is 2.28. The summed E-state index contributed by atoms with van der Waals surface area (Å²) in [5.74, 6) is 2.11. The standard InChI is InChI=1S/C18H24N2O/c1-5-16(19)17-9-8-15(11-20-17)21-18-10-14(12(2)3)7-6-13(18)4/h6-12,16H,5,19H2,1-4H3/t16-/m0/s1. The average molecular weight is 284 g/mol. The van der Waals surface area contributed by atoms with E-state index in [0.29, 0.717) is 5.92 Å². The Balaban J connectivity index is 2.20. The van der Waals surface area contributed by atoms with Crippen LogP contribution in [0.4, 0.5) is 0 Å². The van der Waals surface area contributed by atoms with Crippen LogP contribution in [0.5, 0.6) is 11.5 Å². The molecule has 0 saturated carbocycles. The van der Waals surface area contributed by atoms with Gasteiger partial charge in [-0.05, 0) is 48.6 Å². The zero-order chi connectivity index (χ0) is 15.4. The van der Waals surface area contributed by atoms with Crippen molar-refractivity contribution in [3.05, 3.63) is 53.3 Å². The number of aromatic nitrogens is 1. The van der Waals surface area contributed by atoms with Crippen molar-refractivity contribution in [1.82, 2.24) is 4.98 Å². The highest BCUT2D eigenvalue weighted by Gasteiger charge is 2.08. The maximum atomic E-state index is 5.97. The molecule has 1 aromatic heterocycles. The van der Waals surface area contributed by atoms with Gasteiger partial charge in [-0.25, -0.2) is 0 Å². The van der Waals surface area contributed by atoms with Crippen molar-refractivity contribution in [2.24, 2.45) is 5.73 Å². The highest BCUT2D eigenvalue weighted by atomic mass is 16.5. The third-order valence-corrected chi connectivity index (χ3v) is 3.69. The summed E-state index contributed by atoms with van der Waals surface area (Å²) in [5, 5.41) is 0. The number of pyridine rings is 1. The van der Waals surface area contributed by atoms with Crippen LogP contribution >= 0.6 is 0 Å². The third-order valence-electron chi connectivity index (χ3n) is 3.69. The molecule has 0 saturated heterocycles. The predicted molar refractivity (Wildman–Crippen MR) is 86.8 cm³/mol. The summed E-state index contributed by atoms with van der Waals surface area (Å²) in [6.45, 7) is 8.46. The average Bonchev–Trinajstić information content (AvgIpc) is 2.49. The summed E-state index contributed by atoms with van der Waals surface area (Å²) in [6.07, 6.45) is 2.62. The highest BCUT2D eigenvalue weighted by molar-refractivity contribution is 5.40. The zero-order valence-corrected chi connectivity index (χ0v) is 13.3. The first-order chi connectivity index (χ1) is 10.0. The van der Waals surface area contributed by atoms with E-state index in [1.807, 2.05) is 19.1 Å². The van der Waals surface area contributed by atoms with Gasteiger partial charge in [-0.3, -0.25) is 4.98 Å². The molecule has 112 valence electrons. The van der Waals surface area contributed by atoms with Crippen LogP contribution in [0.25, 0.3) is 0 Å². The summed E-state index contributed by atoms with van der Waals surface area (Å²) >= 11 is 0. The Hall–Kier alpha value is -1.87. The van der Waals surface area contributed by atoms with Crippen LogP contribution in [0.15, 0.2) is 36.5 Å². The van der Waals surface area contributed by atoms with Gasteiger partial charge in [-0.2, -0.15) is 0 Å². The fraction of sp³-hybridized carbons (Fsp3) is 0.389. The Bertz CT molecular complexity index is 591. The van der Waals surface area contributed by atoms with Crippen molar-refractivity contribution in [3.63, 3.8) is 0 Å². The summed E-state index contributed by atoms with van der Waals surface area (Å²) in [7, 11) is 0. The smallest absolute Gasteiger partial charge is 0.145 e. The lowest BCUT2D eigenvalue weighted by Gasteiger charge is -2.13. The lowest BCUT2D eigenvalue weighted by molar-refractivity contribution is 0.474. The van der Waals surface area contributed by atoms with E-state index in [9.17, 15) is 0 Å². The van der Waals surface area contributed by atoms with Crippen LogP contribution in [-0.4, -0.2) is 4.98 Å². The number of nitrogens with two attached hydrogens (primary N) is 1. The van der Waals surface area contributed by atoms with Crippen LogP contribution in [0, 0.1) is 6.92 Å². The minimum atomic E-state index is -0.00921. The first-order valence-electron chi connectivity index (χ1n) is 7.51. The third kappa shape index (κ3) is 3.82. The topological polar surface area (TPSA) is 48.1 Å². The molecule has 0 radical (unpaired) electrons. The molecule has 0 bridgehead atoms. The molecule has 0 aliphatic rings. The Morgan fingerprint density at radius 2 is 1.95 bits per heavy atom. The second kappa shape index (κ2) is 6.72. The van der Waals surface area contributed by atoms with Crippen LogP contribution in [0.3, 0.4) is 0 Å². The molecule has 21 heavy (non-hydrogen) atoms. The van der Waals surface area contributed by atoms with Crippen LogP contribution in [0.1, 0.15) is 56.0 Å². The van der Waals surface area contributed by atoms with Gasteiger partial charge in [0.15, 0.2) is 0 Å². The van der Waals surface area contributed by atoms with Gasteiger partial charge < -0.3 is 10.5 Å². The van der Waals surface area contributed by atoms with Crippen molar-refractivity contribution < 1.29 is 4.74 Å². The molecule has 3 nitrogen and oxygen atoms in total. The van der Waals surface area contributed by atoms with E-state index in [4.69, 9.17) is 10.5 Å². The molecule has 0 spiro atoms. The number of aryl methyl sites for hydroxylation is 1. The van der Waals surface area contributed by atoms with E-state index < -0.39 is 0 Å². The van der Waals surface area contributed by atoms with E-state index in [-0.39, 0.29) is 6.04 Å². The van der Waals surface area contributed by atoms with Gasteiger partial charge in [0, 0.05) is 6.04 Å². The first kappa shape index (κ1) is 15.5. The van der Waals surface area contributed by atoms with Crippen molar-refractivity contribution >= 4 is 0 Å². The quantitative estimate of drug-likeness (QED) is 0.864. The largest absolute Gasteiger partial charge is 0.455 e. The normalized spacial score (nSPS) is 12.5. The fourth-order valence-corrected chi connectivity index (χ4v) is 2.09. The molecular formula is C18H24N2O. The number of rotatable bonds is 5. The number of nitrogens with zero attached hydrogens (tertiary/aromatic N) is 1. The van der Waals surface area contributed by atoms with Gasteiger partial charge in [0.25, 0.3) is 0 Å². The molecule has 2 N–H and O–H groups in total. The Morgan fingerprint density at radius 1 is 1.19 bits per heavy atom. The van der Waals surface area contributed by atoms with Gasteiger partial charge in [0.1, 0.15) is 11.5 Å². The van der Waals surface area contributed by atoms with E-state index >= 15 is 0 Å². The molecule has 0 amide bonds. The monoisotopic (exact) mass is 284 g/mol. The van der Waals surface area contributed by atoms with E-state index in [2.05, 4.69) is 44.0 Å². The van der Waals surface area contributed by atoms with Crippen molar-refractivity contribution in [2.45, 2.75) is 46.1 Å². The maximum Gasteiger partial charge on any atom is 0.145 e. The second-order valence-electron chi connectivity index (χ2n) is 5.72. The molecule has 1 aromatic carbocycles. The van der Waals surface area contributed by atoms with Gasteiger partial charge in [-0.1, -0.05) is 32.9 Å². The Morgan fingerprint density at radius 3 is 2.52 bits per heavy atom. The minimum Gasteiger partial charge on any atom is -0.455 e. The second-order valence-corrected chi connectivity index (χ2v) is 5.72. The first-order valence-corrected chi connectivity index (χ1v) is 7.51. The number of hydrogen-bond donors (Lipinski definition) is 1. The van der Waals surface area contributed by atoms with Crippen LogP contribution in [-0.2, 0) is 0 Å². The molecule has 0 aliphatic heterocycles. The maximum absolute atomic E-state index is 5.97. The Kier molecular flexibility index (Phi) is 4.97. The van der Waals surface area contributed by atoms with Crippen molar-refractivity contribution in [1.29, 1.82) is 0 Å². The zero-order valence-electron chi connectivity index (χ0n) is 13.3. The van der Waals surface area contributed by atoms with Gasteiger partial charge >= 0.3 is 0 Å². The Labute approximate surface area is 127 Å². The van der Waals surface area contributed by atoms with E-state index in [1.54, 1.807) is 6.20 Å². The fourth-order valence-electron chi connectivity index (χ4n) is 2.09. The van der Waals surface area contributed by atoms with Crippen molar-refractivity contribution in [2.75, 3.05) is 0 Å². The number of hydrogen-bond acceptors (Lipinski definition) is 3. The lowest BCUT2D eigenvalue weighted by atomic mass is 10.0.